The van der Waals surface area contributed by atoms with E-state index in [9.17, 15) is 10.1 Å². The number of allylic oxidation sites excluding steroid dienone is 1. The Bertz CT molecular complexity index is 253. The molecular weight excluding hydrogens is 144 g/mol. The molecule has 0 saturated heterocycles. The summed E-state index contributed by atoms with van der Waals surface area (Å²) in [5.41, 5.74) is 1.68. The topological polar surface area (TPSA) is 55.5 Å². The lowest BCUT2D eigenvalue weighted by Gasteiger charge is -1.93. The van der Waals surface area contributed by atoms with E-state index in [4.69, 9.17) is 0 Å². The highest BCUT2D eigenvalue weighted by Gasteiger charge is 2.24. The van der Waals surface area contributed by atoms with Crippen molar-refractivity contribution in [2.45, 2.75) is 26.7 Å². The fourth-order valence-electron chi connectivity index (χ4n) is 1.14. The van der Waals surface area contributed by atoms with Crippen molar-refractivity contribution in [2.24, 2.45) is 4.99 Å². The van der Waals surface area contributed by atoms with E-state index < -0.39 is 4.92 Å². The molecule has 0 aromatic carbocycles. The van der Waals surface area contributed by atoms with E-state index in [1.165, 1.54) is 0 Å². The van der Waals surface area contributed by atoms with Gasteiger partial charge in [-0.15, -0.1) is 0 Å². The summed E-state index contributed by atoms with van der Waals surface area (Å²) < 4.78 is 0. The van der Waals surface area contributed by atoms with Gasteiger partial charge in [-0.25, -0.2) is 0 Å². The molecule has 0 aromatic rings. The maximum absolute atomic E-state index is 10.4. The van der Waals surface area contributed by atoms with Gasteiger partial charge in [-0.1, -0.05) is 6.92 Å². The fourth-order valence-corrected chi connectivity index (χ4v) is 1.14. The van der Waals surface area contributed by atoms with E-state index >= 15 is 0 Å². The van der Waals surface area contributed by atoms with E-state index in [0.29, 0.717) is 6.42 Å². The van der Waals surface area contributed by atoms with Crippen molar-refractivity contribution >= 4 is 5.71 Å². The lowest BCUT2D eigenvalue weighted by Crippen LogP contribution is -1.96. The molecule has 0 radical (unpaired) electrons. The highest BCUT2D eigenvalue weighted by atomic mass is 16.6. The van der Waals surface area contributed by atoms with Gasteiger partial charge in [-0.05, 0) is 23.3 Å². The van der Waals surface area contributed by atoms with Crippen molar-refractivity contribution < 1.29 is 4.92 Å². The molecule has 11 heavy (non-hydrogen) atoms. The monoisotopic (exact) mass is 154 g/mol. The Kier molecular flexibility index (Phi) is 2.03. The Balaban J connectivity index is 2.92. The van der Waals surface area contributed by atoms with Crippen molar-refractivity contribution in [3.05, 3.63) is 21.5 Å². The van der Waals surface area contributed by atoms with Gasteiger partial charge in [0.2, 0.25) is 0 Å². The number of rotatable bonds is 2. The molecule has 1 aliphatic rings. The molecule has 1 rings (SSSR count). The Labute approximate surface area is 64.8 Å². The van der Waals surface area contributed by atoms with Gasteiger partial charge in [0.25, 0.3) is 0 Å². The number of nitro groups is 1. The third-order valence-corrected chi connectivity index (χ3v) is 1.68. The average Bonchev–Trinajstić information content (AvgIpc) is 2.30. The smallest absolute Gasteiger partial charge is 0.358 e. The van der Waals surface area contributed by atoms with Gasteiger partial charge in [0.05, 0.1) is 0 Å². The molecule has 1 heterocycles. The largest absolute Gasteiger partial charge is 0.362 e. The maximum Gasteiger partial charge on any atom is 0.362 e. The van der Waals surface area contributed by atoms with Crippen LogP contribution < -0.4 is 0 Å². The van der Waals surface area contributed by atoms with Crippen molar-refractivity contribution in [3.8, 4) is 0 Å². The SMILES string of the molecule is CCC1=C([N+](=O)[O-])N=C(C)C1. The lowest BCUT2D eigenvalue weighted by atomic mass is 10.1. The molecule has 0 atom stereocenters. The first-order valence-electron chi connectivity index (χ1n) is 3.55. The van der Waals surface area contributed by atoms with Crippen LogP contribution in [0.5, 0.6) is 0 Å². The predicted molar refractivity (Wildman–Crippen MR) is 42.0 cm³/mol. The standard InChI is InChI=1S/C7H10N2O2/c1-3-6-4-5(2)8-7(6)9(10)11/h3-4H2,1-2H3. The van der Waals surface area contributed by atoms with Crippen LogP contribution in [0.25, 0.3) is 0 Å². The molecule has 0 saturated carbocycles. The number of hydrogen-bond acceptors (Lipinski definition) is 3. The number of nitrogens with zero attached hydrogens (tertiary/aromatic N) is 2. The van der Waals surface area contributed by atoms with E-state index in [-0.39, 0.29) is 5.82 Å². The van der Waals surface area contributed by atoms with E-state index in [1.807, 2.05) is 13.8 Å². The summed E-state index contributed by atoms with van der Waals surface area (Å²) >= 11 is 0. The van der Waals surface area contributed by atoms with E-state index in [2.05, 4.69) is 4.99 Å². The molecule has 1 aliphatic heterocycles. The Morgan fingerprint density at radius 3 is 2.73 bits per heavy atom. The second-order valence-corrected chi connectivity index (χ2v) is 2.56. The van der Waals surface area contributed by atoms with Gasteiger partial charge in [-0.3, -0.25) is 0 Å². The molecule has 0 spiro atoms. The first-order valence-corrected chi connectivity index (χ1v) is 3.55. The van der Waals surface area contributed by atoms with Crippen LogP contribution in [0.2, 0.25) is 0 Å². The minimum atomic E-state index is -0.407. The zero-order valence-corrected chi connectivity index (χ0v) is 6.63. The summed E-state index contributed by atoms with van der Waals surface area (Å²) in [5.74, 6) is 0.0602. The molecule has 0 unspecified atom stereocenters. The molecule has 0 aliphatic carbocycles. The van der Waals surface area contributed by atoms with E-state index in [1.54, 1.807) is 0 Å². The summed E-state index contributed by atoms with van der Waals surface area (Å²) in [5, 5.41) is 10.4. The minimum absolute atomic E-state index is 0.0602. The molecule has 0 amide bonds. The van der Waals surface area contributed by atoms with Gasteiger partial charge in [-0.2, -0.15) is 0 Å². The summed E-state index contributed by atoms with van der Waals surface area (Å²) in [4.78, 5) is 13.8. The zero-order valence-electron chi connectivity index (χ0n) is 6.63. The van der Waals surface area contributed by atoms with Gasteiger partial charge in [0.15, 0.2) is 0 Å². The van der Waals surface area contributed by atoms with Gasteiger partial charge >= 0.3 is 5.82 Å². The molecular formula is C7H10N2O2. The Morgan fingerprint density at radius 2 is 2.36 bits per heavy atom. The highest BCUT2D eigenvalue weighted by Crippen LogP contribution is 2.22. The van der Waals surface area contributed by atoms with Crippen molar-refractivity contribution in [1.29, 1.82) is 0 Å². The van der Waals surface area contributed by atoms with Crippen LogP contribution in [0.15, 0.2) is 16.4 Å². The third kappa shape index (κ3) is 1.45. The van der Waals surface area contributed by atoms with Gasteiger partial charge in [0.1, 0.15) is 5.71 Å². The lowest BCUT2D eigenvalue weighted by molar-refractivity contribution is -0.426. The molecule has 0 fully saturated rings. The third-order valence-electron chi connectivity index (χ3n) is 1.68. The predicted octanol–water partition coefficient (Wildman–Crippen LogP) is 1.75. The molecule has 4 nitrogen and oxygen atoms in total. The normalized spacial score (nSPS) is 17.1. The van der Waals surface area contributed by atoms with Crippen LogP contribution in [0.1, 0.15) is 26.7 Å². The van der Waals surface area contributed by atoms with Crippen molar-refractivity contribution in [2.75, 3.05) is 0 Å². The van der Waals surface area contributed by atoms with Crippen LogP contribution >= 0.6 is 0 Å². The van der Waals surface area contributed by atoms with Gasteiger partial charge < -0.3 is 10.1 Å². The van der Waals surface area contributed by atoms with Crippen LogP contribution in [0.4, 0.5) is 0 Å². The van der Waals surface area contributed by atoms with Crippen LogP contribution in [0, 0.1) is 10.1 Å². The second kappa shape index (κ2) is 2.82. The average molecular weight is 154 g/mol. The first kappa shape index (κ1) is 7.91. The second-order valence-electron chi connectivity index (χ2n) is 2.56. The molecule has 4 heteroatoms. The number of hydrogen-bond donors (Lipinski definition) is 0. The summed E-state index contributed by atoms with van der Waals surface area (Å²) in [7, 11) is 0. The highest BCUT2D eigenvalue weighted by molar-refractivity contribution is 5.87. The maximum atomic E-state index is 10.4. The van der Waals surface area contributed by atoms with Gasteiger partial charge in [0, 0.05) is 12.0 Å². The molecule has 0 aromatic heterocycles. The Morgan fingerprint density at radius 1 is 1.73 bits per heavy atom. The van der Waals surface area contributed by atoms with Crippen LogP contribution in [0.3, 0.4) is 0 Å². The first-order chi connectivity index (χ1) is 5.15. The molecule has 60 valence electrons. The minimum Gasteiger partial charge on any atom is -0.358 e. The zero-order chi connectivity index (χ0) is 8.43. The summed E-state index contributed by atoms with van der Waals surface area (Å²) in [6, 6.07) is 0. The summed E-state index contributed by atoms with van der Waals surface area (Å²) in [6.07, 6.45) is 1.39. The van der Waals surface area contributed by atoms with Crippen LogP contribution in [-0.2, 0) is 0 Å². The number of aliphatic imine (C=N–C) groups is 1. The molecule has 0 N–H and O–H groups in total. The van der Waals surface area contributed by atoms with Crippen LogP contribution in [-0.4, -0.2) is 10.6 Å². The Hall–Kier alpha value is -1.19. The quantitative estimate of drug-likeness (QED) is 0.449. The van der Waals surface area contributed by atoms with Crippen molar-refractivity contribution in [1.82, 2.24) is 0 Å². The van der Waals surface area contributed by atoms with Crippen molar-refractivity contribution in [3.63, 3.8) is 0 Å². The summed E-state index contributed by atoms with van der Waals surface area (Å²) in [6.45, 7) is 3.72. The molecule has 0 bridgehead atoms. The van der Waals surface area contributed by atoms with E-state index in [0.717, 1.165) is 17.7 Å². The fraction of sp³-hybridized carbons (Fsp3) is 0.571.